The van der Waals surface area contributed by atoms with Gasteiger partial charge in [-0.05, 0) is 63.3 Å². The van der Waals surface area contributed by atoms with Gasteiger partial charge in [0.2, 0.25) is 0 Å². The van der Waals surface area contributed by atoms with Crippen molar-refractivity contribution in [2.45, 2.75) is 58.1 Å². The largest absolute Gasteiger partial charge is 0.490 e. The second kappa shape index (κ2) is 6.79. The molecule has 2 rings (SSSR count). The zero-order valence-corrected chi connectivity index (χ0v) is 11.6. The van der Waals surface area contributed by atoms with Crippen LogP contribution in [0.1, 0.15) is 57.6 Å². The molecule has 1 atom stereocenters. The molecule has 1 aromatic rings. The van der Waals surface area contributed by atoms with Crippen LogP contribution in [0, 0.1) is 0 Å². The fraction of sp³-hybridized carbons (Fsp3) is 0.625. The van der Waals surface area contributed by atoms with Gasteiger partial charge in [0.25, 0.3) is 0 Å². The van der Waals surface area contributed by atoms with Crippen molar-refractivity contribution in [1.29, 1.82) is 0 Å². The molecule has 0 spiro atoms. The summed E-state index contributed by atoms with van der Waals surface area (Å²) in [4.78, 5) is 0. The lowest BCUT2D eigenvalue weighted by molar-refractivity contribution is 0.209. The van der Waals surface area contributed by atoms with Gasteiger partial charge in [-0.15, -0.1) is 0 Å². The highest BCUT2D eigenvalue weighted by Gasteiger charge is 2.16. The molecule has 0 saturated heterocycles. The predicted molar refractivity (Wildman–Crippen MR) is 76.0 cm³/mol. The van der Waals surface area contributed by atoms with Crippen LogP contribution in [0.4, 0.5) is 0 Å². The minimum absolute atomic E-state index is 0.400. The van der Waals surface area contributed by atoms with Gasteiger partial charge in [-0.1, -0.05) is 19.1 Å². The topological polar surface area (TPSA) is 21.3 Å². The molecule has 0 amide bonds. The van der Waals surface area contributed by atoms with Gasteiger partial charge in [-0.25, -0.2) is 0 Å². The Morgan fingerprint density at radius 1 is 1.33 bits per heavy atom. The molecule has 2 heteroatoms. The fourth-order valence-corrected chi connectivity index (χ4v) is 2.53. The molecule has 0 aliphatic heterocycles. The Balaban J connectivity index is 1.95. The Kier molecular flexibility index (Phi) is 5.06. The van der Waals surface area contributed by atoms with Crippen LogP contribution in [-0.2, 0) is 0 Å². The molecule has 1 N–H and O–H groups in total. The predicted octanol–water partition coefficient (Wildman–Crippen LogP) is 4.07. The van der Waals surface area contributed by atoms with Crippen molar-refractivity contribution in [3.05, 3.63) is 29.8 Å². The van der Waals surface area contributed by atoms with E-state index >= 15 is 0 Å². The van der Waals surface area contributed by atoms with Gasteiger partial charge in [-0.3, -0.25) is 0 Å². The van der Waals surface area contributed by atoms with E-state index in [2.05, 4.69) is 43.4 Å². The lowest BCUT2D eigenvalue weighted by Crippen LogP contribution is -2.19. The van der Waals surface area contributed by atoms with E-state index in [0.29, 0.717) is 12.1 Å². The zero-order chi connectivity index (χ0) is 12.8. The molecule has 1 fully saturated rings. The maximum absolute atomic E-state index is 6.04. The molecule has 18 heavy (non-hydrogen) atoms. The smallest absolute Gasteiger partial charge is 0.120 e. The average Bonchev–Trinajstić information content (AvgIpc) is 2.89. The SMILES string of the molecule is CCCNC(C)c1cccc(OC2CCCC2)c1. The Bertz CT molecular complexity index is 358. The standard InChI is InChI=1S/C16H25NO/c1-3-11-17-13(2)14-7-6-10-16(12-14)18-15-8-4-5-9-15/h6-7,10,12-13,15,17H,3-5,8-9,11H2,1-2H3. The summed E-state index contributed by atoms with van der Waals surface area (Å²) in [5.74, 6) is 1.03. The quantitative estimate of drug-likeness (QED) is 0.818. The van der Waals surface area contributed by atoms with Gasteiger partial charge < -0.3 is 10.1 Å². The highest BCUT2D eigenvalue weighted by atomic mass is 16.5. The van der Waals surface area contributed by atoms with Gasteiger partial charge in [0.1, 0.15) is 5.75 Å². The molecule has 1 aliphatic rings. The molecule has 2 nitrogen and oxygen atoms in total. The molecule has 0 radical (unpaired) electrons. The first kappa shape index (κ1) is 13.4. The second-order valence-electron chi connectivity index (χ2n) is 5.27. The maximum Gasteiger partial charge on any atom is 0.120 e. The monoisotopic (exact) mass is 247 g/mol. The maximum atomic E-state index is 6.04. The van der Waals surface area contributed by atoms with Gasteiger partial charge in [-0.2, -0.15) is 0 Å². The Labute approximate surface area is 111 Å². The summed E-state index contributed by atoms with van der Waals surface area (Å²) in [5, 5.41) is 3.51. The molecule has 1 unspecified atom stereocenters. The summed E-state index contributed by atoms with van der Waals surface area (Å²) >= 11 is 0. The number of hydrogen-bond donors (Lipinski definition) is 1. The Hall–Kier alpha value is -1.02. The van der Waals surface area contributed by atoms with Crippen LogP contribution in [0.15, 0.2) is 24.3 Å². The molecule has 0 aromatic heterocycles. The molecule has 100 valence electrons. The Morgan fingerprint density at radius 3 is 2.83 bits per heavy atom. The normalized spacial score (nSPS) is 17.9. The minimum atomic E-state index is 0.400. The molecular formula is C16H25NO. The third-order valence-corrected chi connectivity index (χ3v) is 3.66. The third kappa shape index (κ3) is 3.74. The van der Waals surface area contributed by atoms with Crippen molar-refractivity contribution in [3.63, 3.8) is 0 Å². The van der Waals surface area contributed by atoms with E-state index in [1.807, 2.05) is 0 Å². The van der Waals surface area contributed by atoms with Crippen LogP contribution >= 0.6 is 0 Å². The van der Waals surface area contributed by atoms with E-state index in [1.54, 1.807) is 0 Å². The molecule has 1 aromatic carbocycles. The van der Waals surface area contributed by atoms with E-state index in [1.165, 1.54) is 37.7 Å². The lowest BCUT2D eigenvalue weighted by Gasteiger charge is -2.17. The van der Waals surface area contributed by atoms with Crippen LogP contribution in [0.5, 0.6) is 5.75 Å². The first-order chi connectivity index (χ1) is 8.79. The first-order valence-corrected chi connectivity index (χ1v) is 7.29. The van der Waals surface area contributed by atoms with Crippen molar-refractivity contribution in [2.75, 3.05) is 6.54 Å². The molecular weight excluding hydrogens is 222 g/mol. The summed E-state index contributed by atoms with van der Waals surface area (Å²) < 4.78 is 6.04. The molecule has 0 heterocycles. The van der Waals surface area contributed by atoms with Crippen LogP contribution in [0.2, 0.25) is 0 Å². The number of rotatable bonds is 6. The van der Waals surface area contributed by atoms with E-state index in [9.17, 15) is 0 Å². The summed E-state index contributed by atoms with van der Waals surface area (Å²) in [7, 11) is 0. The summed E-state index contributed by atoms with van der Waals surface area (Å²) in [5.41, 5.74) is 1.32. The zero-order valence-electron chi connectivity index (χ0n) is 11.6. The van der Waals surface area contributed by atoms with Crippen molar-refractivity contribution >= 4 is 0 Å². The molecule has 1 saturated carbocycles. The van der Waals surface area contributed by atoms with E-state index in [0.717, 1.165) is 12.3 Å². The molecule has 0 bridgehead atoms. The second-order valence-corrected chi connectivity index (χ2v) is 5.27. The number of benzene rings is 1. The number of hydrogen-bond acceptors (Lipinski definition) is 2. The van der Waals surface area contributed by atoms with Gasteiger partial charge in [0, 0.05) is 6.04 Å². The van der Waals surface area contributed by atoms with Gasteiger partial charge in [0.15, 0.2) is 0 Å². The highest BCUT2D eigenvalue weighted by molar-refractivity contribution is 5.30. The van der Waals surface area contributed by atoms with Crippen molar-refractivity contribution in [1.82, 2.24) is 5.32 Å². The van der Waals surface area contributed by atoms with E-state index in [4.69, 9.17) is 4.74 Å². The number of ether oxygens (including phenoxy) is 1. The fourth-order valence-electron chi connectivity index (χ4n) is 2.53. The van der Waals surface area contributed by atoms with E-state index < -0.39 is 0 Å². The minimum Gasteiger partial charge on any atom is -0.490 e. The van der Waals surface area contributed by atoms with Crippen LogP contribution in [0.3, 0.4) is 0 Å². The van der Waals surface area contributed by atoms with Crippen LogP contribution in [-0.4, -0.2) is 12.6 Å². The van der Waals surface area contributed by atoms with Crippen LogP contribution < -0.4 is 10.1 Å². The third-order valence-electron chi connectivity index (χ3n) is 3.66. The van der Waals surface area contributed by atoms with Gasteiger partial charge in [0.05, 0.1) is 6.10 Å². The summed E-state index contributed by atoms with van der Waals surface area (Å²) in [6, 6.07) is 8.94. The summed E-state index contributed by atoms with van der Waals surface area (Å²) in [6.07, 6.45) is 6.68. The van der Waals surface area contributed by atoms with Crippen molar-refractivity contribution in [3.8, 4) is 5.75 Å². The van der Waals surface area contributed by atoms with Gasteiger partial charge >= 0.3 is 0 Å². The lowest BCUT2D eigenvalue weighted by atomic mass is 10.1. The van der Waals surface area contributed by atoms with Crippen LogP contribution in [0.25, 0.3) is 0 Å². The summed E-state index contributed by atoms with van der Waals surface area (Å²) in [6.45, 7) is 5.47. The van der Waals surface area contributed by atoms with Crippen molar-refractivity contribution in [2.24, 2.45) is 0 Å². The molecule has 1 aliphatic carbocycles. The average molecular weight is 247 g/mol. The number of nitrogens with one attached hydrogen (secondary N) is 1. The van der Waals surface area contributed by atoms with Crippen molar-refractivity contribution < 1.29 is 4.74 Å². The highest BCUT2D eigenvalue weighted by Crippen LogP contribution is 2.26. The van der Waals surface area contributed by atoms with E-state index in [-0.39, 0.29) is 0 Å². The Morgan fingerprint density at radius 2 is 2.11 bits per heavy atom. The first-order valence-electron chi connectivity index (χ1n) is 7.29.